The zero-order valence-corrected chi connectivity index (χ0v) is 10.1. The number of nitrogens with one attached hydrogen (secondary N) is 1. The van der Waals surface area contributed by atoms with Crippen molar-refractivity contribution in [1.29, 1.82) is 0 Å². The van der Waals surface area contributed by atoms with Crippen LogP contribution in [0.25, 0.3) is 10.9 Å². The molecular weight excluding hydrogens is 224 g/mol. The van der Waals surface area contributed by atoms with Crippen LogP contribution in [0.15, 0.2) is 18.2 Å². The average molecular weight is 239 g/mol. The molecule has 0 saturated heterocycles. The Bertz CT molecular complexity index is 506. The van der Waals surface area contributed by atoms with Crippen molar-refractivity contribution in [2.45, 2.75) is 13.0 Å². The number of nitrogens with two attached hydrogens (primary N) is 1. The lowest BCUT2D eigenvalue weighted by atomic mass is 10.2. The van der Waals surface area contributed by atoms with E-state index >= 15 is 0 Å². The highest BCUT2D eigenvalue weighted by Gasteiger charge is 2.12. The summed E-state index contributed by atoms with van der Waals surface area (Å²) in [6.45, 7) is 2.59. The van der Waals surface area contributed by atoms with E-state index < -0.39 is 0 Å². The van der Waals surface area contributed by atoms with Gasteiger partial charge in [0.1, 0.15) is 0 Å². The molecule has 1 unspecified atom stereocenters. The van der Waals surface area contributed by atoms with Crippen LogP contribution in [0.5, 0.6) is 0 Å². The van der Waals surface area contributed by atoms with Crippen LogP contribution < -0.4 is 11.1 Å². The molecule has 16 heavy (non-hydrogen) atoms. The Morgan fingerprint density at radius 1 is 1.56 bits per heavy atom. The van der Waals surface area contributed by atoms with Crippen molar-refractivity contribution >= 4 is 28.3 Å². The number of aryl methyl sites for hydroxylation is 1. The molecule has 1 atom stereocenters. The Morgan fingerprint density at radius 3 is 3.00 bits per heavy atom. The molecule has 86 valence electrons. The number of hydrogen-bond donors (Lipinski definition) is 2. The summed E-state index contributed by atoms with van der Waals surface area (Å²) < 4.78 is 1.78. The number of rotatable bonds is 3. The summed E-state index contributed by atoms with van der Waals surface area (Å²) in [6.07, 6.45) is 0. The van der Waals surface area contributed by atoms with Gasteiger partial charge in [-0.2, -0.15) is 5.10 Å². The summed E-state index contributed by atoms with van der Waals surface area (Å²) in [5.41, 5.74) is 6.52. The minimum absolute atomic E-state index is 0.192. The van der Waals surface area contributed by atoms with E-state index in [0.717, 1.165) is 16.7 Å². The fraction of sp³-hybridized carbons (Fsp3) is 0.364. The summed E-state index contributed by atoms with van der Waals surface area (Å²) in [4.78, 5) is 0. The first kappa shape index (κ1) is 11.2. The zero-order valence-electron chi connectivity index (χ0n) is 9.37. The van der Waals surface area contributed by atoms with Gasteiger partial charge < -0.3 is 11.1 Å². The molecule has 5 heteroatoms. The molecule has 0 saturated carbocycles. The van der Waals surface area contributed by atoms with Gasteiger partial charge in [0.05, 0.1) is 10.5 Å². The lowest BCUT2D eigenvalue weighted by Crippen LogP contribution is -2.25. The predicted molar refractivity (Wildman–Crippen MR) is 67.9 cm³/mol. The highest BCUT2D eigenvalue weighted by Crippen LogP contribution is 2.28. The number of fused-ring (bicyclic) bond motifs is 1. The SMILES string of the molecule is CC(CN)Nc1nn(C)c2c(Cl)cccc12. The van der Waals surface area contributed by atoms with E-state index in [1.54, 1.807) is 4.68 Å². The van der Waals surface area contributed by atoms with Crippen molar-refractivity contribution in [1.82, 2.24) is 9.78 Å². The normalized spacial score (nSPS) is 13.0. The molecule has 0 radical (unpaired) electrons. The topological polar surface area (TPSA) is 55.9 Å². The molecular formula is C11H15ClN4. The molecule has 3 N–H and O–H groups in total. The molecule has 0 fully saturated rings. The summed E-state index contributed by atoms with van der Waals surface area (Å²) in [7, 11) is 1.88. The van der Waals surface area contributed by atoms with Gasteiger partial charge in [-0.15, -0.1) is 0 Å². The summed E-state index contributed by atoms with van der Waals surface area (Å²) >= 11 is 6.13. The van der Waals surface area contributed by atoms with Crippen LogP contribution in [0.2, 0.25) is 5.02 Å². The van der Waals surface area contributed by atoms with Crippen molar-refractivity contribution in [3.63, 3.8) is 0 Å². The first-order valence-electron chi connectivity index (χ1n) is 5.21. The molecule has 1 aromatic heterocycles. The van der Waals surface area contributed by atoms with E-state index in [0.29, 0.717) is 11.6 Å². The Labute approximate surface area is 99.4 Å². The second-order valence-electron chi connectivity index (χ2n) is 3.89. The minimum Gasteiger partial charge on any atom is -0.364 e. The molecule has 4 nitrogen and oxygen atoms in total. The third-order valence-electron chi connectivity index (χ3n) is 2.55. The quantitative estimate of drug-likeness (QED) is 0.860. The monoisotopic (exact) mass is 238 g/mol. The third-order valence-corrected chi connectivity index (χ3v) is 2.86. The average Bonchev–Trinajstić information content (AvgIpc) is 2.57. The fourth-order valence-electron chi connectivity index (χ4n) is 1.69. The molecule has 0 bridgehead atoms. The Balaban J connectivity index is 2.51. The molecule has 2 rings (SSSR count). The van der Waals surface area contributed by atoms with Crippen molar-refractivity contribution in [2.24, 2.45) is 12.8 Å². The number of anilines is 1. The second kappa shape index (κ2) is 4.31. The Kier molecular flexibility index (Phi) is 3.03. The van der Waals surface area contributed by atoms with E-state index in [4.69, 9.17) is 17.3 Å². The second-order valence-corrected chi connectivity index (χ2v) is 4.30. The lowest BCUT2D eigenvalue weighted by molar-refractivity contribution is 0.765. The van der Waals surface area contributed by atoms with E-state index in [1.165, 1.54) is 0 Å². The van der Waals surface area contributed by atoms with Gasteiger partial charge in [0.25, 0.3) is 0 Å². The number of halogens is 1. The smallest absolute Gasteiger partial charge is 0.156 e. The van der Waals surface area contributed by atoms with E-state index in [-0.39, 0.29) is 6.04 Å². The third kappa shape index (κ3) is 1.86. The van der Waals surface area contributed by atoms with Crippen molar-refractivity contribution < 1.29 is 0 Å². The van der Waals surface area contributed by atoms with E-state index in [1.807, 2.05) is 32.2 Å². The van der Waals surface area contributed by atoms with Crippen LogP contribution in [-0.2, 0) is 7.05 Å². The first-order valence-corrected chi connectivity index (χ1v) is 5.59. The number of nitrogens with zero attached hydrogens (tertiary/aromatic N) is 2. The standard InChI is InChI=1S/C11H15ClN4/c1-7(6-13)14-11-8-4-3-5-9(12)10(8)16(2)15-11/h3-5,7H,6,13H2,1-2H3,(H,14,15). The van der Waals surface area contributed by atoms with Crippen molar-refractivity contribution in [3.8, 4) is 0 Å². The van der Waals surface area contributed by atoms with Gasteiger partial charge in [-0.25, -0.2) is 0 Å². The molecule has 0 aliphatic carbocycles. The number of aromatic nitrogens is 2. The van der Waals surface area contributed by atoms with Gasteiger partial charge >= 0.3 is 0 Å². The largest absolute Gasteiger partial charge is 0.364 e. The maximum Gasteiger partial charge on any atom is 0.156 e. The molecule has 0 aliphatic heterocycles. The van der Waals surface area contributed by atoms with Crippen LogP contribution >= 0.6 is 11.6 Å². The van der Waals surface area contributed by atoms with Crippen LogP contribution in [0.1, 0.15) is 6.92 Å². The van der Waals surface area contributed by atoms with Crippen LogP contribution in [0, 0.1) is 0 Å². The fourth-order valence-corrected chi connectivity index (χ4v) is 1.98. The van der Waals surface area contributed by atoms with Crippen LogP contribution in [-0.4, -0.2) is 22.4 Å². The van der Waals surface area contributed by atoms with Crippen molar-refractivity contribution in [2.75, 3.05) is 11.9 Å². The number of para-hydroxylation sites is 1. The molecule has 0 spiro atoms. The maximum atomic E-state index is 6.13. The number of hydrogen-bond acceptors (Lipinski definition) is 3. The van der Waals surface area contributed by atoms with Gasteiger partial charge in [0.2, 0.25) is 0 Å². The molecule has 1 aromatic carbocycles. The molecule has 1 heterocycles. The van der Waals surface area contributed by atoms with E-state index in [2.05, 4.69) is 10.4 Å². The van der Waals surface area contributed by atoms with Crippen LogP contribution in [0.4, 0.5) is 5.82 Å². The van der Waals surface area contributed by atoms with Gasteiger partial charge in [-0.05, 0) is 19.1 Å². The summed E-state index contributed by atoms with van der Waals surface area (Å²) in [5.74, 6) is 0.831. The predicted octanol–water partition coefficient (Wildman–Crippen LogP) is 1.99. The maximum absolute atomic E-state index is 6.13. The van der Waals surface area contributed by atoms with Gasteiger partial charge in [0.15, 0.2) is 5.82 Å². The van der Waals surface area contributed by atoms with Crippen molar-refractivity contribution in [3.05, 3.63) is 23.2 Å². The first-order chi connectivity index (χ1) is 7.63. The van der Waals surface area contributed by atoms with Gasteiger partial charge in [0, 0.05) is 25.0 Å². The number of benzene rings is 1. The minimum atomic E-state index is 0.192. The lowest BCUT2D eigenvalue weighted by Gasteiger charge is -2.09. The molecule has 0 aliphatic rings. The van der Waals surface area contributed by atoms with Gasteiger partial charge in [-0.1, -0.05) is 17.7 Å². The summed E-state index contributed by atoms with van der Waals surface area (Å²) in [5, 5.41) is 9.40. The highest BCUT2D eigenvalue weighted by molar-refractivity contribution is 6.35. The summed E-state index contributed by atoms with van der Waals surface area (Å²) in [6, 6.07) is 5.98. The van der Waals surface area contributed by atoms with E-state index in [9.17, 15) is 0 Å². The molecule has 2 aromatic rings. The Morgan fingerprint density at radius 2 is 2.31 bits per heavy atom. The van der Waals surface area contributed by atoms with Gasteiger partial charge in [-0.3, -0.25) is 4.68 Å². The highest BCUT2D eigenvalue weighted by atomic mass is 35.5. The zero-order chi connectivity index (χ0) is 11.7. The molecule has 0 amide bonds. The Hall–Kier alpha value is -1.26. The van der Waals surface area contributed by atoms with Crippen LogP contribution in [0.3, 0.4) is 0 Å².